The summed E-state index contributed by atoms with van der Waals surface area (Å²) in [5.41, 5.74) is 3.63. The largest absolute Gasteiger partial charge is 0.378 e. The Labute approximate surface area is 160 Å². The molecule has 0 spiro atoms. The zero-order valence-electron chi connectivity index (χ0n) is 15.0. The van der Waals surface area contributed by atoms with E-state index in [-0.39, 0.29) is 0 Å². The van der Waals surface area contributed by atoms with Crippen LogP contribution in [-0.2, 0) is 17.8 Å². The Kier molecular flexibility index (Phi) is 6.75. The van der Waals surface area contributed by atoms with E-state index in [2.05, 4.69) is 44.8 Å². The number of hydrogen-bond acceptors (Lipinski definition) is 3. The van der Waals surface area contributed by atoms with Crippen LogP contribution in [0.2, 0.25) is 5.02 Å². The van der Waals surface area contributed by atoms with Crippen LogP contribution in [0.1, 0.15) is 11.1 Å². The minimum absolute atomic E-state index is 0.701. The minimum atomic E-state index is 0.701. The van der Waals surface area contributed by atoms with Gasteiger partial charge in [-0.2, -0.15) is 0 Å². The van der Waals surface area contributed by atoms with Crippen molar-refractivity contribution in [1.82, 2.24) is 10.6 Å². The predicted octanol–water partition coefficient (Wildman–Crippen LogP) is 3.04. The molecule has 0 aliphatic carbocycles. The Morgan fingerprint density at radius 2 is 1.50 bits per heavy atom. The summed E-state index contributed by atoms with van der Waals surface area (Å²) in [6, 6.07) is 16.5. The van der Waals surface area contributed by atoms with Gasteiger partial charge in [-0.3, -0.25) is 4.99 Å². The fourth-order valence-corrected chi connectivity index (χ4v) is 2.97. The van der Waals surface area contributed by atoms with Crippen molar-refractivity contribution in [3.05, 3.63) is 64.7 Å². The average Bonchev–Trinajstić information content (AvgIpc) is 2.70. The number of nitrogens with zero attached hydrogens (tertiary/aromatic N) is 2. The summed E-state index contributed by atoms with van der Waals surface area (Å²) in [5, 5.41) is 7.40. The first kappa shape index (κ1) is 18.5. The minimum Gasteiger partial charge on any atom is -0.378 e. The van der Waals surface area contributed by atoms with E-state index in [1.807, 2.05) is 24.3 Å². The molecule has 6 heteroatoms. The van der Waals surface area contributed by atoms with Crippen LogP contribution in [0.4, 0.5) is 5.69 Å². The molecule has 1 heterocycles. The lowest BCUT2D eigenvalue weighted by Crippen LogP contribution is -2.36. The van der Waals surface area contributed by atoms with E-state index >= 15 is 0 Å². The fourth-order valence-electron chi connectivity index (χ4n) is 2.84. The van der Waals surface area contributed by atoms with Gasteiger partial charge in [0.1, 0.15) is 0 Å². The van der Waals surface area contributed by atoms with Gasteiger partial charge in [-0.25, -0.2) is 0 Å². The topological polar surface area (TPSA) is 48.9 Å². The summed E-state index contributed by atoms with van der Waals surface area (Å²) in [4.78, 5) is 6.63. The maximum absolute atomic E-state index is 5.91. The van der Waals surface area contributed by atoms with E-state index in [0.717, 1.165) is 49.4 Å². The third kappa shape index (κ3) is 5.38. The molecule has 5 nitrogen and oxygen atoms in total. The molecule has 2 aromatic carbocycles. The van der Waals surface area contributed by atoms with Crippen molar-refractivity contribution in [2.45, 2.75) is 13.1 Å². The molecule has 1 aliphatic rings. The van der Waals surface area contributed by atoms with Gasteiger partial charge >= 0.3 is 0 Å². The number of ether oxygens (including phenoxy) is 1. The molecule has 0 bridgehead atoms. The Hall–Kier alpha value is -2.24. The fraction of sp³-hybridized carbons (Fsp3) is 0.350. The van der Waals surface area contributed by atoms with Crippen LogP contribution >= 0.6 is 11.6 Å². The predicted molar refractivity (Wildman–Crippen MR) is 108 cm³/mol. The Balaban J connectivity index is 1.47. The maximum Gasteiger partial charge on any atom is 0.191 e. The third-order valence-corrected chi connectivity index (χ3v) is 4.62. The van der Waals surface area contributed by atoms with Crippen LogP contribution in [0.3, 0.4) is 0 Å². The van der Waals surface area contributed by atoms with Gasteiger partial charge in [0.2, 0.25) is 0 Å². The lowest BCUT2D eigenvalue weighted by atomic mass is 10.2. The second kappa shape index (κ2) is 9.46. The highest BCUT2D eigenvalue weighted by molar-refractivity contribution is 6.30. The van der Waals surface area contributed by atoms with Gasteiger partial charge in [0.25, 0.3) is 0 Å². The first-order valence-corrected chi connectivity index (χ1v) is 9.23. The molecule has 1 fully saturated rings. The normalized spacial score (nSPS) is 15.0. The SMILES string of the molecule is CN=C(NCc1ccc(Cl)cc1)NCc1ccc(N2CCOCC2)cc1. The molecule has 3 rings (SSSR count). The number of hydrogen-bond donors (Lipinski definition) is 2. The summed E-state index contributed by atoms with van der Waals surface area (Å²) >= 11 is 5.91. The number of rotatable bonds is 5. The van der Waals surface area contributed by atoms with Gasteiger partial charge in [0.05, 0.1) is 13.2 Å². The number of guanidine groups is 1. The smallest absolute Gasteiger partial charge is 0.191 e. The molecular weight excluding hydrogens is 348 g/mol. The van der Waals surface area contributed by atoms with Crippen molar-refractivity contribution in [2.24, 2.45) is 4.99 Å². The van der Waals surface area contributed by atoms with E-state index in [1.54, 1.807) is 7.05 Å². The molecular formula is C20H25ClN4O. The number of nitrogens with one attached hydrogen (secondary N) is 2. The quantitative estimate of drug-likeness (QED) is 0.625. The average molecular weight is 373 g/mol. The van der Waals surface area contributed by atoms with E-state index in [0.29, 0.717) is 6.54 Å². The summed E-state index contributed by atoms with van der Waals surface area (Å²) in [6.45, 7) is 4.95. The zero-order chi connectivity index (χ0) is 18.2. The molecule has 0 unspecified atom stereocenters. The van der Waals surface area contributed by atoms with Crippen LogP contribution < -0.4 is 15.5 Å². The number of benzene rings is 2. The molecule has 138 valence electrons. The highest BCUT2D eigenvalue weighted by Gasteiger charge is 2.10. The Bertz CT molecular complexity index is 710. The molecule has 1 saturated heterocycles. The summed E-state index contributed by atoms with van der Waals surface area (Å²) in [6.07, 6.45) is 0. The first-order valence-electron chi connectivity index (χ1n) is 8.85. The third-order valence-electron chi connectivity index (χ3n) is 4.37. The molecule has 0 radical (unpaired) electrons. The number of morpholine rings is 1. The molecule has 26 heavy (non-hydrogen) atoms. The van der Waals surface area contributed by atoms with Crippen molar-refractivity contribution in [3.8, 4) is 0 Å². The second-order valence-electron chi connectivity index (χ2n) is 6.17. The van der Waals surface area contributed by atoms with Crippen molar-refractivity contribution in [1.29, 1.82) is 0 Å². The van der Waals surface area contributed by atoms with Gasteiger partial charge in [-0.05, 0) is 35.4 Å². The van der Waals surface area contributed by atoms with Crippen LogP contribution in [-0.4, -0.2) is 39.3 Å². The van der Waals surface area contributed by atoms with E-state index < -0.39 is 0 Å². The first-order chi connectivity index (χ1) is 12.7. The zero-order valence-corrected chi connectivity index (χ0v) is 15.8. The maximum atomic E-state index is 5.91. The van der Waals surface area contributed by atoms with Crippen LogP contribution in [0, 0.1) is 0 Å². The van der Waals surface area contributed by atoms with Crippen molar-refractivity contribution in [2.75, 3.05) is 38.3 Å². The second-order valence-corrected chi connectivity index (χ2v) is 6.61. The summed E-state index contributed by atoms with van der Waals surface area (Å²) in [7, 11) is 1.78. The molecule has 2 aromatic rings. The molecule has 2 N–H and O–H groups in total. The summed E-state index contributed by atoms with van der Waals surface area (Å²) in [5.74, 6) is 0.775. The van der Waals surface area contributed by atoms with Gasteiger partial charge in [-0.15, -0.1) is 0 Å². The van der Waals surface area contributed by atoms with E-state index in [9.17, 15) is 0 Å². The van der Waals surface area contributed by atoms with Crippen LogP contribution in [0.15, 0.2) is 53.5 Å². The Morgan fingerprint density at radius 1 is 0.962 bits per heavy atom. The van der Waals surface area contributed by atoms with Gasteiger partial charge in [-0.1, -0.05) is 35.9 Å². The standard InChI is InChI=1S/C20H25ClN4O/c1-22-20(23-14-16-2-6-18(21)7-3-16)24-15-17-4-8-19(9-5-17)25-10-12-26-13-11-25/h2-9H,10-15H2,1H3,(H2,22,23,24). The van der Waals surface area contributed by atoms with Crippen molar-refractivity contribution >= 4 is 23.2 Å². The molecule has 0 amide bonds. The molecule has 0 aromatic heterocycles. The lowest BCUT2D eigenvalue weighted by Gasteiger charge is -2.28. The van der Waals surface area contributed by atoms with Gasteiger partial charge in [0.15, 0.2) is 5.96 Å². The number of halogens is 1. The molecule has 0 atom stereocenters. The number of anilines is 1. The van der Waals surface area contributed by atoms with Gasteiger partial charge < -0.3 is 20.3 Å². The monoisotopic (exact) mass is 372 g/mol. The lowest BCUT2D eigenvalue weighted by molar-refractivity contribution is 0.122. The number of aliphatic imine (C=N–C) groups is 1. The van der Waals surface area contributed by atoms with Crippen molar-refractivity contribution in [3.63, 3.8) is 0 Å². The Morgan fingerprint density at radius 3 is 2.04 bits per heavy atom. The van der Waals surface area contributed by atoms with E-state index in [4.69, 9.17) is 16.3 Å². The van der Waals surface area contributed by atoms with E-state index in [1.165, 1.54) is 11.3 Å². The highest BCUT2D eigenvalue weighted by atomic mass is 35.5. The highest BCUT2D eigenvalue weighted by Crippen LogP contribution is 2.16. The van der Waals surface area contributed by atoms with Gasteiger partial charge in [0, 0.05) is 43.9 Å². The van der Waals surface area contributed by atoms with Crippen molar-refractivity contribution < 1.29 is 4.74 Å². The molecule has 0 saturated carbocycles. The van der Waals surface area contributed by atoms with Crippen LogP contribution in [0.5, 0.6) is 0 Å². The molecule has 1 aliphatic heterocycles. The summed E-state index contributed by atoms with van der Waals surface area (Å²) < 4.78 is 5.40. The van der Waals surface area contributed by atoms with Crippen LogP contribution in [0.25, 0.3) is 0 Å².